The van der Waals surface area contributed by atoms with E-state index in [9.17, 15) is 9.59 Å². The fourth-order valence-electron chi connectivity index (χ4n) is 1.54. The number of nitrogens with one attached hydrogen (secondary N) is 1. The Morgan fingerprint density at radius 1 is 1.35 bits per heavy atom. The number of rotatable bonds is 8. The zero-order valence-electron chi connectivity index (χ0n) is 11.3. The van der Waals surface area contributed by atoms with Crippen molar-refractivity contribution in [1.82, 2.24) is 5.32 Å². The Morgan fingerprint density at radius 3 is 2.60 bits per heavy atom. The van der Waals surface area contributed by atoms with E-state index in [4.69, 9.17) is 9.84 Å². The summed E-state index contributed by atoms with van der Waals surface area (Å²) in [4.78, 5) is 22.0. The van der Waals surface area contributed by atoms with E-state index in [1.54, 1.807) is 6.92 Å². The lowest BCUT2D eigenvalue weighted by molar-refractivity contribution is -0.138. The van der Waals surface area contributed by atoms with Crippen molar-refractivity contribution < 1.29 is 19.4 Å². The first-order valence-electron chi connectivity index (χ1n) is 6.34. The highest BCUT2D eigenvalue weighted by Crippen LogP contribution is 2.16. The van der Waals surface area contributed by atoms with Crippen LogP contribution in [0.25, 0.3) is 0 Å². The number of carbonyl (C=O) groups excluding carboxylic acids is 1. The van der Waals surface area contributed by atoms with Crippen LogP contribution in [0, 0.1) is 5.92 Å². The quantitative estimate of drug-likeness (QED) is 0.760. The van der Waals surface area contributed by atoms with Crippen LogP contribution in [0.5, 0.6) is 5.75 Å². The molecule has 6 heteroatoms. The topological polar surface area (TPSA) is 75.6 Å². The minimum atomic E-state index is -0.856. The molecule has 0 aliphatic rings. The molecule has 0 saturated carbocycles. The van der Waals surface area contributed by atoms with E-state index < -0.39 is 5.97 Å². The summed E-state index contributed by atoms with van der Waals surface area (Å²) in [6.07, 6.45) is 0.297. The lowest BCUT2D eigenvalue weighted by Gasteiger charge is -2.11. The van der Waals surface area contributed by atoms with Gasteiger partial charge in [-0.05, 0) is 30.2 Å². The van der Waals surface area contributed by atoms with Crippen LogP contribution >= 0.6 is 15.9 Å². The molecule has 0 heterocycles. The Labute approximate surface area is 126 Å². The van der Waals surface area contributed by atoms with Crippen molar-refractivity contribution in [2.75, 3.05) is 13.2 Å². The van der Waals surface area contributed by atoms with Crippen LogP contribution in [0.15, 0.2) is 28.7 Å². The maximum absolute atomic E-state index is 11.5. The van der Waals surface area contributed by atoms with Gasteiger partial charge in [-0.25, -0.2) is 0 Å². The molecular formula is C14H18BrNO4. The molecule has 1 rings (SSSR count). The molecule has 2 N–H and O–H groups in total. The standard InChI is InChI=1S/C14H18BrNO4/c1-10(8-14(18)19)9-16-13(17)6-7-20-12-4-2-11(15)3-5-12/h2-5,10H,6-9H2,1H3,(H,16,17)(H,18,19). The van der Waals surface area contributed by atoms with Gasteiger partial charge < -0.3 is 15.2 Å². The molecule has 1 unspecified atom stereocenters. The maximum Gasteiger partial charge on any atom is 0.303 e. The number of halogens is 1. The monoisotopic (exact) mass is 343 g/mol. The van der Waals surface area contributed by atoms with Crippen molar-refractivity contribution in [2.45, 2.75) is 19.8 Å². The van der Waals surface area contributed by atoms with Gasteiger partial charge in [0.25, 0.3) is 0 Å². The SMILES string of the molecule is CC(CNC(=O)CCOc1ccc(Br)cc1)CC(=O)O. The van der Waals surface area contributed by atoms with E-state index in [0.717, 1.165) is 4.47 Å². The predicted octanol–water partition coefficient (Wildman–Crippen LogP) is 2.45. The highest BCUT2D eigenvalue weighted by atomic mass is 79.9. The summed E-state index contributed by atoms with van der Waals surface area (Å²) in [6, 6.07) is 7.36. The number of carboxylic acids is 1. The highest BCUT2D eigenvalue weighted by Gasteiger charge is 2.09. The van der Waals surface area contributed by atoms with Crippen LogP contribution in [0.4, 0.5) is 0 Å². The number of carbonyl (C=O) groups is 2. The average Bonchev–Trinajstić information content (AvgIpc) is 2.38. The van der Waals surface area contributed by atoms with Crippen LogP contribution in [-0.4, -0.2) is 30.1 Å². The zero-order chi connectivity index (χ0) is 15.0. The third-order valence-electron chi connectivity index (χ3n) is 2.58. The van der Waals surface area contributed by atoms with E-state index in [-0.39, 0.29) is 24.7 Å². The molecule has 5 nitrogen and oxygen atoms in total. The molecule has 0 spiro atoms. The van der Waals surface area contributed by atoms with Gasteiger partial charge >= 0.3 is 5.97 Å². The second kappa shape index (κ2) is 8.58. The summed E-state index contributed by atoms with van der Waals surface area (Å²) >= 11 is 3.33. The summed E-state index contributed by atoms with van der Waals surface area (Å²) in [5.74, 6) is -0.367. The van der Waals surface area contributed by atoms with Gasteiger partial charge in [0.15, 0.2) is 0 Å². The lowest BCUT2D eigenvalue weighted by Crippen LogP contribution is -2.30. The first-order valence-corrected chi connectivity index (χ1v) is 7.13. The molecule has 0 aromatic heterocycles. The fraction of sp³-hybridized carbons (Fsp3) is 0.429. The molecule has 0 aliphatic heterocycles. The Balaban J connectivity index is 2.17. The van der Waals surface area contributed by atoms with Gasteiger partial charge in [0.1, 0.15) is 5.75 Å². The first kappa shape index (κ1) is 16.5. The molecule has 0 radical (unpaired) electrons. The molecule has 1 amide bonds. The van der Waals surface area contributed by atoms with Crippen molar-refractivity contribution in [3.05, 3.63) is 28.7 Å². The van der Waals surface area contributed by atoms with E-state index in [0.29, 0.717) is 18.9 Å². The van der Waals surface area contributed by atoms with Crippen LogP contribution in [0.2, 0.25) is 0 Å². The summed E-state index contributed by atoms with van der Waals surface area (Å²) < 4.78 is 6.39. The molecule has 0 bridgehead atoms. The van der Waals surface area contributed by atoms with E-state index in [1.165, 1.54) is 0 Å². The third kappa shape index (κ3) is 7.13. The summed E-state index contributed by atoms with van der Waals surface area (Å²) in [6.45, 7) is 2.44. The number of carboxylic acid groups (broad SMARTS) is 1. The normalized spacial score (nSPS) is 11.7. The van der Waals surface area contributed by atoms with Crippen molar-refractivity contribution >= 4 is 27.8 Å². The second-order valence-electron chi connectivity index (χ2n) is 4.56. The average molecular weight is 344 g/mol. The van der Waals surface area contributed by atoms with Gasteiger partial charge in [0, 0.05) is 17.4 Å². The number of hydrogen-bond acceptors (Lipinski definition) is 3. The molecular weight excluding hydrogens is 326 g/mol. The van der Waals surface area contributed by atoms with Crippen LogP contribution in [0.3, 0.4) is 0 Å². The molecule has 0 aliphatic carbocycles. The minimum Gasteiger partial charge on any atom is -0.493 e. The van der Waals surface area contributed by atoms with Gasteiger partial charge in [-0.2, -0.15) is 0 Å². The molecule has 1 atom stereocenters. The summed E-state index contributed by atoms with van der Waals surface area (Å²) in [5.41, 5.74) is 0. The molecule has 0 saturated heterocycles. The van der Waals surface area contributed by atoms with Crippen LogP contribution in [-0.2, 0) is 9.59 Å². The molecule has 0 fully saturated rings. The van der Waals surface area contributed by atoms with Crippen molar-refractivity contribution in [2.24, 2.45) is 5.92 Å². The number of ether oxygens (including phenoxy) is 1. The van der Waals surface area contributed by atoms with Crippen molar-refractivity contribution in [3.8, 4) is 5.75 Å². The lowest BCUT2D eigenvalue weighted by atomic mass is 10.1. The number of hydrogen-bond donors (Lipinski definition) is 2. The number of benzene rings is 1. The second-order valence-corrected chi connectivity index (χ2v) is 5.48. The zero-order valence-corrected chi connectivity index (χ0v) is 12.9. The number of amides is 1. The summed E-state index contributed by atoms with van der Waals surface area (Å²) in [5, 5.41) is 11.3. The molecule has 1 aromatic rings. The van der Waals surface area contributed by atoms with Crippen molar-refractivity contribution in [1.29, 1.82) is 0 Å². The Bertz CT molecular complexity index is 447. The van der Waals surface area contributed by atoms with Crippen molar-refractivity contribution in [3.63, 3.8) is 0 Å². The third-order valence-corrected chi connectivity index (χ3v) is 3.11. The van der Waals surface area contributed by atoms with E-state index >= 15 is 0 Å². The fourth-order valence-corrected chi connectivity index (χ4v) is 1.80. The maximum atomic E-state index is 11.5. The smallest absolute Gasteiger partial charge is 0.303 e. The van der Waals surface area contributed by atoms with Gasteiger partial charge in [-0.1, -0.05) is 22.9 Å². The Hall–Kier alpha value is -1.56. The minimum absolute atomic E-state index is 0.0513. The first-order chi connectivity index (χ1) is 9.47. The van der Waals surface area contributed by atoms with Gasteiger partial charge in [0.05, 0.1) is 13.0 Å². The largest absolute Gasteiger partial charge is 0.493 e. The molecule has 1 aromatic carbocycles. The summed E-state index contributed by atoms with van der Waals surface area (Å²) in [7, 11) is 0. The predicted molar refractivity (Wildman–Crippen MR) is 78.7 cm³/mol. The van der Waals surface area contributed by atoms with Gasteiger partial charge in [-0.3, -0.25) is 9.59 Å². The van der Waals surface area contributed by atoms with Crippen LogP contribution < -0.4 is 10.1 Å². The van der Waals surface area contributed by atoms with E-state index in [1.807, 2.05) is 24.3 Å². The Kier molecular flexibility index (Phi) is 7.08. The molecule has 20 heavy (non-hydrogen) atoms. The van der Waals surface area contributed by atoms with Gasteiger partial charge in [-0.15, -0.1) is 0 Å². The highest BCUT2D eigenvalue weighted by molar-refractivity contribution is 9.10. The van der Waals surface area contributed by atoms with Gasteiger partial charge in [0.2, 0.25) is 5.91 Å². The van der Waals surface area contributed by atoms with Crippen LogP contribution in [0.1, 0.15) is 19.8 Å². The number of aliphatic carboxylic acids is 1. The van der Waals surface area contributed by atoms with E-state index in [2.05, 4.69) is 21.2 Å². The molecule has 110 valence electrons. The Morgan fingerprint density at radius 2 is 2.00 bits per heavy atom.